The maximum absolute atomic E-state index is 13.1. The number of aryl methyl sites for hydroxylation is 1. The number of carbonyl (C=O) groups is 1. The van der Waals surface area contributed by atoms with E-state index in [1.165, 1.54) is 12.1 Å². The predicted octanol–water partition coefficient (Wildman–Crippen LogP) is 4.79. The summed E-state index contributed by atoms with van der Waals surface area (Å²) < 4.78 is 13.5. The maximum Gasteiger partial charge on any atom is 0.186 e. The topological polar surface area (TPSA) is 17.1 Å². The van der Waals surface area contributed by atoms with Gasteiger partial charge in [0.1, 0.15) is 5.82 Å². The highest BCUT2D eigenvalue weighted by Gasteiger charge is 2.04. The van der Waals surface area contributed by atoms with Crippen molar-refractivity contribution in [3.8, 4) is 0 Å². The number of hydrogen-bond donors (Lipinski definition) is 0. The second-order valence-corrected chi connectivity index (χ2v) is 5.04. The third kappa shape index (κ3) is 3.38. The van der Waals surface area contributed by atoms with Gasteiger partial charge in [0.2, 0.25) is 0 Å². The van der Waals surface area contributed by atoms with Crippen LogP contribution >= 0.6 is 15.9 Å². The van der Waals surface area contributed by atoms with E-state index in [9.17, 15) is 9.18 Å². The minimum absolute atomic E-state index is 0.0569. The van der Waals surface area contributed by atoms with Gasteiger partial charge in [-0.1, -0.05) is 36.4 Å². The summed E-state index contributed by atoms with van der Waals surface area (Å²) in [6.07, 6.45) is 3.18. The van der Waals surface area contributed by atoms with Gasteiger partial charge < -0.3 is 0 Å². The molecule has 0 unspecified atom stereocenters. The van der Waals surface area contributed by atoms with Crippen LogP contribution in [0.25, 0.3) is 6.08 Å². The van der Waals surface area contributed by atoms with Crippen LogP contribution in [0, 0.1) is 12.7 Å². The zero-order chi connectivity index (χ0) is 13.8. The molecular weight excluding hydrogens is 307 g/mol. The van der Waals surface area contributed by atoms with E-state index in [2.05, 4.69) is 15.9 Å². The van der Waals surface area contributed by atoms with Gasteiger partial charge in [-0.05, 0) is 52.2 Å². The average molecular weight is 319 g/mol. The summed E-state index contributed by atoms with van der Waals surface area (Å²) in [7, 11) is 0. The van der Waals surface area contributed by atoms with Gasteiger partial charge in [-0.3, -0.25) is 4.79 Å². The molecular formula is C16H12BrFO. The first-order valence-electron chi connectivity index (χ1n) is 5.81. The smallest absolute Gasteiger partial charge is 0.186 e. The first kappa shape index (κ1) is 13.7. The van der Waals surface area contributed by atoms with Crippen molar-refractivity contribution in [2.24, 2.45) is 0 Å². The summed E-state index contributed by atoms with van der Waals surface area (Å²) in [6.45, 7) is 1.90. The number of hydrogen-bond acceptors (Lipinski definition) is 1. The molecule has 0 aliphatic heterocycles. The van der Waals surface area contributed by atoms with E-state index in [1.54, 1.807) is 24.3 Å². The van der Waals surface area contributed by atoms with Crippen LogP contribution in [0.4, 0.5) is 4.39 Å². The third-order valence-corrected chi connectivity index (χ3v) is 3.39. The molecule has 0 bridgehead atoms. The van der Waals surface area contributed by atoms with Crippen LogP contribution in [0.2, 0.25) is 0 Å². The Labute approximate surface area is 119 Å². The van der Waals surface area contributed by atoms with Crippen molar-refractivity contribution in [2.45, 2.75) is 6.92 Å². The second kappa shape index (κ2) is 5.93. The Bertz CT molecular complexity index is 647. The van der Waals surface area contributed by atoms with Crippen molar-refractivity contribution >= 4 is 27.8 Å². The molecule has 0 spiro atoms. The third-order valence-electron chi connectivity index (χ3n) is 2.78. The molecule has 1 nitrogen and oxygen atoms in total. The van der Waals surface area contributed by atoms with Gasteiger partial charge >= 0.3 is 0 Å². The summed E-state index contributed by atoms with van der Waals surface area (Å²) in [5, 5.41) is 0. The van der Waals surface area contributed by atoms with Crippen LogP contribution in [-0.2, 0) is 0 Å². The summed E-state index contributed by atoms with van der Waals surface area (Å²) in [5.74, 6) is -0.374. The normalized spacial score (nSPS) is 10.9. The molecule has 0 aromatic heterocycles. The molecule has 0 saturated carbocycles. The Morgan fingerprint density at radius 1 is 1.21 bits per heavy atom. The van der Waals surface area contributed by atoms with Crippen LogP contribution in [0.3, 0.4) is 0 Å². The monoisotopic (exact) mass is 318 g/mol. The van der Waals surface area contributed by atoms with Crippen LogP contribution in [0.15, 0.2) is 53.0 Å². The highest BCUT2D eigenvalue weighted by Crippen LogP contribution is 2.18. The molecule has 0 N–H and O–H groups in total. The van der Waals surface area contributed by atoms with Crippen LogP contribution in [-0.4, -0.2) is 5.78 Å². The average Bonchev–Trinajstić information content (AvgIpc) is 2.40. The van der Waals surface area contributed by atoms with Crippen molar-refractivity contribution in [3.63, 3.8) is 0 Å². The summed E-state index contributed by atoms with van der Waals surface area (Å²) in [6, 6.07) is 12.0. The van der Waals surface area contributed by atoms with Crippen molar-refractivity contribution in [2.75, 3.05) is 0 Å². The zero-order valence-corrected chi connectivity index (χ0v) is 11.9. The molecule has 2 aromatic rings. The standard InChI is InChI=1S/C16H12BrFO/c1-11-4-2-3-5-13(11)16(19)9-7-12-6-8-15(18)14(17)10-12/h2-10H,1H3/b9-7+. The Hall–Kier alpha value is -1.74. The molecule has 19 heavy (non-hydrogen) atoms. The quantitative estimate of drug-likeness (QED) is 0.587. The van der Waals surface area contributed by atoms with Crippen molar-refractivity contribution < 1.29 is 9.18 Å². The fourth-order valence-corrected chi connectivity index (χ4v) is 2.12. The fourth-order valence-electron chi connectivity index (χ4n) is 1.73. The molecule has 0 fully saturated rings. The molecule has 0 aliphatic carbocycles. The molecule has 2 aromatic carbocycles. The zero-order valence-electron chi connectivity index (χ0n) is 10.4. The van der Waals surface area contributed by atoms with Gasteiger partial charge in [0.25, 0.3) is 0 Å². The van der Waals surface area contributed by atoms with E-state index in [4.69, 9.17) is 0 Å². The van der Waals surface area contributed by atoms with Crippen molar-refractivity contribution in [3.05, 3.63) is 75.5 Å². The molecule has 3 heteroatoms. The Balaban J connectivity index is 2.21. The molecule has 96 valence electrons. The first-order chi connectivity index (χ1) is 9.08. The first-order valence-corrected chi connectivity index (χ1v) is 6.60. The Morgan fingerprint density at radius 3 is 2.63 bits per heavy atom. The van der Waals surface area contributed by atoms with E-state index < -0.39 is 0 Å². The van der Waals surface area contributed by atoms with Crippen LogP contribution in [0.1, 0.15) is 21.5 Å². The van der Waals surface area contributed by atoms with E-state index in [0.717, 1.165) is 11.1 Å². The van der Waals surface area contributed by atoms with Crippen molar-refractivity contribution in [1.82, 2.24) is 0 Å². The molecule has 2 rings (SSSR count). The number of carbonyl (C=O) groups excluding carboxylic acids is 1. The Morgan fingerprint density at radius 2 is 1.95 bits per heavy atom. The second-order valence-electron chi connectivity index (χ2n) is 4.19. The maximum atomic E-state index is 13.1. The lowest BCUT2D eigenvalue weighted by Crippen LogP contribution is -1.96. The lowest BCUT2D eigenvalue weighted by atomic mass is 10.0. The van der Waals surface area contributed by atoms with Crippen LogP contribution < -0.4 is 0 Å². The van der Waals surface area contributed by atoms with Gasteiger partial charge in [0.15, 0.2) is 5.78 Å². The highest BCUT2D eigenvalue weighted by molar-refractivity contribution is 9.10. The SMILES string of the molecule is Cc1ccccc1C(=O)/C=C/c1ccc(F)c(Br)c1. The van der Waals surface area contributed by atoms with E-state index in [0.29, 0.717) is 10.0 Å². The van der Waals surface area contributed by atoms with Gasteiger partial charge in [-0.25, -0.2) is 4.39 Å². The molecule has 0 amide bonds. The van der Waals surface area contributed by atoms with Gasteiger partial charge in [-0.15, -0.1) is 0 Å². The molecule has 0 aliphatic rings. The lowest BCUT2D eigenvalue weighted by Gasteiger charge is -2.00. The number of rotatable bonds is 3. The van der Waals surface area contributed by atoms with E-state index in [1.807, 2.05) is 25.1 Å². The molecule has 0 atom stereocenters. The number of allylic oxidation sites excluding steroid dienone is 1. The van der Waals surface area contributed by atoms with E-state index >= 15 is 0 Å². The predicted molar refractivity (Wildman–Crippen MR) is 78.6 cm³/mol. The van der Waals surface area contributed by atoms with Gasteiger partial charge in [0.05, 0.1) is 4.47 Å². The molecule has 0 radical (unpaired) electrons. The number of halogens is 2. The molecule has 0 saturated heterocycles. The summed E-state index contributed by atoms with van der Waals surface area (Å²) in [4.78, 5) is 12.0. The minimum Gasteiger partial charge on any atom is -0.289 e. The van der Waals surface area contributed by atoms with Crippen molar-refractivity contribution in [1.29, 1.82) is 0 Å². The molecule has 0 heterocycles. The van der Waals surface area contributed by atoms with Gasteiger partial charge in [0, 0.05) is 5.56 Å². The fraction of sp³-hybridized carbons (Fsp3) is 0.0625. The lowest BCUT2D eigenvalue weighted by molar-refractivity contribution is 0.104. The van der Waals surface area contributed by atoms with Gasteiger partial charge in [-0.2, -0.15) is 0 Å². The number of ketones is 1. The Kier molecular flexibility index (Phi) is 4.27. The minimum atomic E-state index is -0.317. The largest absolute Gasteiger partial charge is 0.289 e. The number of benzene rings is 2. The highest BCUT2D eigenvalue weighted by atomic mass is 79.9. The van der Waals surface area contributed by atoms with E-state index in [-0.39, 0.29) is 11.6 Å². The summed E-state index contributed by atoms with van der Waals surface area (Å²) >= 11 is 3.12. The van der Waals surface area contributed by atoms with Crippen LogP contribution in [0.5, 0.6) is 0 Å². The summed E-state index contributed by atoms with van der Waals surface area (Å²) in [5.41, 5.74) is 2.40.